The lowest BCUT2D eigenvalue weighted by Crippen LogP contribution is -2.39. The molecule has 2 aliphatic rings. The van der Waals surface area contributed by atoms with Crippen LogP contribution in [0, 0.1) is 5.92 Å². The number of rotatable bonds is 5. The smallest absolute Gasteiger partial charge is 0.411 e. The number of carbonyl (C=O) groups is 2. The fraction of sp³-hybridized carbons (Fsp3) is 0.364. The van der Waals surface area contributed by atoms with Crippen LogP contribution in [0.25, 0.3) is 0 Å². The second-order valence-corrected chi connectivity index (χ2v) is 7.43. The largest absolute Gasteiger partial charge is 0.444 e. The number of amides is 1. The number of piperidine rings is 1. The highest BCUT2D eigenvalue weighted by Gasteiger charge is 2.23. The van der Waals surface area contributed by atoms with E-state index in [1.807, 2.05) is 12.1 Å². The van der Waals surface area contributed by atoms with E-state index >= 15 is 0 Å². The number of ether oxygens (including phenoxy) is 1. The van der Waals surface area contributed by atoms with Crippen LogP contribution in [0.3, 0.4) is 0 Å². The van der Waals surface area contributed by atoms with Gasteiger partial charge in [0.25, 0.3) is 0 Å². The quantitative estimate of drug-likeness (QED) is 0.818. The molecule has 0 radical (unpaired) electrons. The fourth-order valence-electron chi connectivity index (χ4n) is 4.00. The molecule has 5 nitrogen and oxygen atoms in total. The molecule has 0 saturated carbocycles. The summed E-state index contributed by atoms with van der Waals surface area (Å²) in [6.07, 6.45) is 2.98. The monoisotopic (exact) mass is 364 g/mol. The molecule has 27 heavy (non-hydrogen) atoms. The third-order valence-corrected chi connectivity index (χ3v) is 5.36. The normalized spacial score (nSPS) is 19.7. The maximum absolute atomic E-state index is 12.8. The van der Waals surface area contributed by atoms with Crippen molar-refractivity contribution in [3.63, 3.8) is 0 Å². The van der Waals surface area contributed by atoms with E-state index in [2.05, 4.69) is 34.5 Å². The number of likely N-dealkylation sites (tertiary alicyclic amines) is 1. The minimum atomic E-state index is -0.445. The Morgan fingerprint density at radius 2 is 2.04 bits per heavy atom. The summed E-state index contributed by atoms with van der Waals surface area (Å²) in [4.78, 5) is 26.3. The Morgan fingerprint density at radius 1 is 1.19 bits per heavy atom. The van der Waals surface area contributed by atoms with Gasteiger partial charge in [0.15, 0.2) is 5.78 Å². The van der Waals surface area contributed by atoms with Gasteiger partial charge < -0.3 is 4.74 Å². The maximum Gasteiger partial charge on any atom is 0.411 e. The molecular weight excluding hydrogens is 340 g/mol. The molecule has 1 saturated heterocycles. The SMILES string of the molecule is O=C1Nc2ccc(C(=O)CN3CCCC(Cc4ccccc4)C3)cc2CO1. The average Bonchev–Trinajstić information content (AvgIpc) is 2.68. The molecule has 0 bridgehead atoms. The first-order valence-corrected chi connectivity index (χ1v) is 9.53. The Balaban J connectivity index is 1.37. The van der Waals surface area contributed by atoms with Crippen LogP contribution in [-0.2, 0) is 17.8 Å². The number of carbonyl (C=O) groups excluding carboxylic acids is 2. The van der Waals surface area contributed by atoms with Gasteiger partial charge in [-0.3, -0.25) is 15.0 Å². The summed E-state index contributed by atoms with van der Waals surface area (Å²) in [6.45, 7) is 2.59. The van der Waals surface area contributed by atoms with Gasteiger partial charge in [-0.15, -0.1) is 0 Å². The van der Waals surface area contributed by atoms with Crippen LogP contribution in [0.1, 0.15) is 34.3 Å². The number of anilines is 1. The summed E-state index contributed by atoms with van der Waals surface area (Å²) in [7, 11) is 0. The fourth-order valence-corrected chi connectivity index (χ4v) is 4.00. The molecule has 2 heterocycles. The number of fused-ring (bicyclic) bond motifs is 1. The topological polar surface area (TPSA) is 58.6 Å². The molecule has 5 heteroatoms. The summed E-state index contributed by atoms with van der Waals surface area (Å²) in [5.41, 5.74) is 3.62. The summed E-state index contributed by atoms with van der Waals surface area (Å²) in [6, 6.07) is 16.0. The number of benzene rings is 2. The van der Waals surface area contributed by atoms with E-state index in [0.29, 0.717) is 18.0 Å². The van der Waals surface area contributed by atoms with Gasteiger partial charge in [-0.25, -0.2) is 4.79 Å². The molecule has 2 aliphatic heterocycles. The number of nitrogens with zero attached hydrogens (tertiary/aromatic N) is 1. The zero-order valence-corrected chi connectivity index (χ0v) is 15.3. The van der Waals surface area contributed by atoms with Crippen molar-refractivity contribution in [3.05, 3.63) is 65.2 Å². The van der Waals surface area contributed by atoms with E-state index in [1.54, 1.807) is 12.1 Å². The number of Topliss-reactive ketones (excluding diaryl/α,β-unsaturated/α-hetero) is 1. The van der Waals surface area contributed by atoms with Crippen molar-refractivity contribution in [3.8, 4) is 0 Å². The predicted molar refractivity (Wildman–Crippen MR) is 104 cm³/mol. The van der Waals surface area contributed by atoms with Crippen molar-refractivity contribution >= 4 is 17.6 Å². The zero-order chi connectivity index (χ0) is 18.6. The van der Waals surface area contributed by atoms with Crippen LogP contribution in [0.15, 0.2) is 48.5 Å². The van der Waals surface area contributed by atoms with Crippen LogP contribution in [0.5, 0.6) is 0 Å². The van der Waals surface area contributed by atoms with Gasteiger partial charge in [-0.1, -0.05) is 30.3 Å². The van der Waals surface area contributed by atoms with Crippen molar-refractivity contribution in [2.75, 3.05) is 25.0 Å². The van der Waals surface area contributed by atoms with Gasteiger partial charge in [0.2, 0.25) is 0 Å². The van der Waals surface area contributed by atoms with Crippen molar-refractivity contribution in [1.29, 1.82) is 0 Å². The minimum absolute atomic E-state index is 0.120. The Kier molecular flexibility index (Phi) is 5.21. The molecule has 1 N–H and O–H groups in total. The highest BCUT2D eigenvalue weighted by molar-refractivity contribution is 5.99. The van der Waals surface area contributed by atoms with Crippen molar-refractivity contribution in [2.45, 2.75) is 25.9 Å². The highest BCUT2D eigenvalue weighted by Crippen LogP contribution is 2.24. The van der Waals surface area contributed by atoms with E-state index in [9.17, 15) is 9.59 Å². The third kappa shape index (κ3) is 4.37. The van der Waals surface area contributed by atoms with Crippen molar-refractivity contribution in [1.82, 2.24) is 4.90 Å². The molecule has 0 aromatic heterocycles. The van der Waals surface area contributed by atoms with Crippen molar-refractivity contribution in [2.24, 2.45) is 5.92 Å². The molecule has 2 aromatic carbocycles. The van der Waals surface area contributed by atoms with Gasteiger partial charge in [-0.2, -0.15) is 0 Å². The van der Waals surface area contributed by atoms with Crippen molar-refractivity contribution < 1.29 is 14.3 Å². The van der Waals surface area contributed by atoms with Crippen LogP contribution < -0.4 is 5.32 Å². The number of ketones is 1. The first-order chi connectivity index (χ1) is 13.2. The lowest BCUT2D eigenvalue weighted by atomic mass is 9.91. The molecule has 0 aliphatic carbocycles. The van der Waals surface area contributed by atoms with E-state index < -0.39 is 6.09 Å². The van der Waals surface area contributed by atoms with Gasteiger partial charge in [-0.05, 0) is 55.5 Å². The third-order valence-electron chi connectivity index (χ3n) is 5.36. The number of hydrogen-bond donors (Lipinski definition) is 1. The summed E-state index contributed by atoms with van der Waals surface area (Å²) in [5.74, 6) is 0.719. The Hall–Kier alpha value is -2.66. The summed E-state index contributed by atoms with van der Waals surface area (Å²) in [5, 5.41) is 2.65. The Morgan fingerprint density at radius 3 is 2.89 bits per heavy atom. The molecular formula is C22H24N2O3. The zero-order valence-electron chi connectivity index (χ0n) is 15.3. The molecule has 1 unspecified atom stereocenters. The van der Waals surface area contributed by atoms with Gasteiger partial charge in [0.1, 0.15) is 6.61 Å². The van der Waals surface area contributed by atoms with Crippen LogP contribution in [0.2, 0.25) is 0 Å². The average molecular weight is 364 g/mol. The van der Waals surface area contributed by atoms with Crippen LogP contribution >= 0.6 is 0 Å². The van der Waals surface area contributed by atoms with E-state index in [0.717, 1.165) is 37.2 Å². The lowest BCUT2D eigenvalue weighted by Gasteiger charge is -2.32. The molecule has 1 fully saturated rings. The van der Waals surface area contributed by atoms with Crippen LogP contribution in [0.4, 0.5) is 10.5 Å². The highest BCUT2D eigenvalue weighted by atomic mass is 16.5. The van der Waals surface area contributed by atoms with E-state index in [1.165, 1.54) is 12.0 Å². The molecule has 1 atom stereocenters. The summed E-state index contributed by atoms with van der Waals surface area (Å²) < 4.78 is 4.99. The molecule has 1 amide bonds. The first kappa shape index (κ1) is 17.7. The molecule has 0 spiro atoms. The first-order valence-electron chi connectivity index (χ1n) is 9.53. The lowest BCUT2D eigenvalue weighted by molar-refractivity contribution is 0.0886. The Labute approximate surface area is 159 Å². The van der Waals surface area contributed by atoms with E-state index in [4.69, 9.17) is 4.74 Å². The van der Waals surface area contributed by atoms with E-state index in [-0.39, 0.29) is 12.4 Å². The number of hydrogen-bond acceptors (Lipinski definition) is 4. The maximum atomic E-state index is 12.8. The van der Waals surface area contributed by atoms with Gasteiger partial charge in [0.05, 0.1) is 12.2 Å². The van der Waals surface area contributed by atoms with Crippen LogP contribution in [-0.4, -0.2) is 36.4 Å². The molecule has 4 rings (SSSR count). The van der Waals surface area contributed by atoms with Gasteiger partial charge in [0, 0.05) is 17.7 Å². The molecule has 140 valence electrons. The number of nitrogens with one attached hydrogen (secondary N) is 1. The Bertz CT molecular complexity index is 835. The number of cyclic esters (lactones) is 1. The molecule has 2 aromatic rings. The van der Waals surface area contributed by atoms with Gasteiger partial charge >= 0.3 is 6.09 Å². The second kappa shape index (κ2) is 7.92. The standard InChI is InChI=1S/C22H24N2O3/c25-21(18-8-9-20-19(12-18)15-27-22(26)23-20)14-24-10-4-7-17(13-24)11-16-5-2-1-3-6-16/h1-3,5-6,8-9,12,17H,4,7,10-11,13-15H2,(H,23,26). The predicted octanol–water partition coefficient (Wildman–Crippen LogP) is 3.89. The minimum Gasteiger partial charge on any atom is -0.444 e. The second-order valence-electron chi connectivity index (χ2n) is 7.43. The summed E-state index contributed by atoms with van der Waals surface area (Å²) >= 11 is 0.